The van der Waals surface area contributed by atoms with E-state index in [1.54, 1.807) is 11.8 Å². The molecule has 5 nitrogen and oxygen atoms in total. The van der Waals surface area contributed by atoms with Crippen LogP contribution in [0.2, 0.25) is 0 Å². The van der Waals surface area contributed by atoms with E-state index in [2.05, 4.69) is 5.32 Å². The van der Waals surface area contributed by atoms with Crippen molar-refractivity contribution in [2.45, 2.75) is 46.1 Å². The summed E-state index contributed by atoms with van der Waals surface area (Å²) in [5, 5.41) is 2.81. The second kappa shape index (κ2) is 6.18. The van der Waals surface area contributed by atoms with Gasteiger partial charge >= 0.3 is 0 Å². The topological polar surface area (TPSA) is 75.4 Å². The number of likely N-dealkylation sites (N-methyl/N-ethyl adjacent to an activating group) is 1. The van der Waals surface area contributed by atoms with Crippen molar-refractivity contribution < 1.29 is 9.59 Å². The summed E-state index contributed by atoms with van der Waals surface area (Å²) >= 11 is 0. The molecular weight excluding hydrogens is 230 g/mol. The summed E-state index contributed by atoms with van der Waals surface area (Å²) in [4.78, 5) is 25.9. The van der Waals surface area contributed by atoms with Gasteiger partial charge in [0.25, 0.3) is 0 Å². The van der Waals surface area contributed by atoms with Crippen molar-refractivity contribution in [1.29, 1.82) is 0 Å². The Morgan fingerprint density at radius 3 is 2.22 bits per heavy atom. The molecule has 0 bridgehead atoms. The quantitative estimate of drug-likeness (QED) is 0.725. The molecule has 0 aliphatic heterocycles. The number of nitrogens with two attached hydrogens (primary N) is 1. The Bertz CT molecular complexity index is 304. The number of nitrogens with zero attached hydrogens (tertiary/aromatic N) is 1. The van der Waals surface area contributed by atoms with Crippen LogP contribution in [0.3, 0.4) is 0 Å². The van der Waals surface area contributed by atoms with Gasteiger partial charge in [0, 0.05) is 19.6 Å². The number of carbonyl (C=O) groups excluding carboxylic acids is 2. The maximum absolute atomic E-state index is 12.1. The first-order chi connectivity index (χ1) is 8.50. The van der Waals surface area contributed by atoms with Gasteiger partial charge < -0.3 is 16.0 Å². The van der Waals surface area contributed by atoms with Crippen LogP contribution in [0.15, 0.2) is 0 Å². The minimum absolute atomic E-state index is 0.0279. The average molecular weight is 255 g/mol. The van der Waals surface area contributed by atoms with Crippen LogP contribution in [-0.2, 0) is 9.59 Å². The van der Waals surface area contributed by atoms with Crippen molar-refractivity contribution >= 4 is 11.8 Å². The molecule has 1 atom stereocenters. The largest absolute Gasteiger partial charge is 0.344 e. The fourth-order valence-electron chi connectivity index (χ4n) is 2.35. The average Bonchev–Trinajstić information content (AvgIpc) is 2.29. The van der Waals surface area contributed by atoms with Crippen LogP contribution in [0.25, 0.3) is 0 Å². The molecule has 0 heterocycles. The number of hydrogen-bond donors (Lipinski definition) is 2. The van der Waals surface area contributed by atoms with E-state index < -0.39 is 11.5 Å². The van der Waals surface area contributed by atoms with E-state index in [1.165, 1.54) is 0 Å². The zero-order valence-corrected chi connectivity index (χ0v) is 11.7. The number of carbonyl (C=O) groups is 2. The fourth-order valence-corrected chi connectivity index (χ4v) is 2.35. The van der Waals surface area contributed by atoms with Crippen LogP contribution >= 0.6 is 0 Å². The first kappa shape index (κ1) is 15.0. The van der Waals surface area contributed by atoms with E-state index in [9.17, 15) is 9.59 Å². The van der Waals surface area contributed by atoms with E-state index in [1.807, 2.05) is 13.8 Å². The number of rotatable bonds is 6. The molecule has 104 valence electrons. The Kier molecular flexibility index (Phi) is 5.14. The third kappa shape index (κ3) is 2.83. The van der Waals surface area contributed by atoms with Gasteiger partial charge in [0.15, 0.2) is 0 Å². The van der Waals surface area contributed by atoms with Crippen LogP contribution in [0.5, 0.6) is 0 Å². The molecular formula is C13H25N3O2. The van der Waals surface area contributed by atoms with Crippen molar-refractivity contribution in [2.75, 3.05) is 19.6 Å². The molecule has 0 aromatic rings. The van der Waals surface area contributed by atoms with Gasteiger partial charge in [-0.05, 0) is 33.6 Å². The highest BCUT2D eigenvalue weighted by molar-refractivity contribution is 5.90. The maximum Gasteiger partial charge on any atom is 0.244 e. The predicted molar refractivity (Wildman–Crippen MR) is 70.9 cm³/mol. The summed E-state index contributed by atoms with van der Waals surface area (Å²) in [6, 6.07) is -0.471. The molecule has 1 rings (SSSR count). The van der Waals surface area contributed by atoms with Crippen molar-refractivity contribution in [3.8, 4) is 0 Å². The molecule has 1 aliphatic carbocycles. The highest BCUT2D eigenvalue weighted by Gasteiger charge is 2.43. The van der Waals surface area contributed by atoms with Gasteiger partial charge in [-0.2, -0.15) is 0 Å². The van der Waals surface area contributed by atoms with Crippen molar-refractivity contribution in [3.63, 3.8) is 0 Å². The molecule has 1 saturated carbocycles. The first-order valence-corrected chi connectivity index (χ1v) is 6.80. The molecule has 3 N–H and O–H groups in total. The zero-order valence-electron chi connectivity index (χ0n) is 11.7. The van der Waals surface area contributed by atoms with Crippen LogP contribution in [0.4, 0.5) is 0 Å². The second-order valence-corrected chi connectivity index (χ2v) is 5.04. The highest BCUT2D eigenvalue weighted by Crippen LogP contribution is 2.40. The lowest BCUT2D eigenvalue weighted by Crippen LogP contribution is -2.55. The molecule has 0 aromatic heterocycles. The molecule has 0 radical (unpaired) electrons. The van der Waals surface area contributed by atoms with E-state index in [4.69, 9.17) is 5.73 Å². The first-order valence-electron chi connectivity index (χ1n) is 6.80. The maximum atomic E-state index is 12.1. The van der Waals surface area contributed by atoms with E-state index in [0.717, 1.165) is 19.3 Å². The highest BCUT2D eigenvalue weighted by atomic mass is 16.2. The number of nitrogens with one attached hydrogen (secondary N) is 1. The third-order valence-corrected chi connectivity index (χ3v) is 3.98. The van der Waals surface area contributed by atoms with Gasteiger partial charge in [0.1, 0.15) is 6.04 Å². The van der Waals surface area contributed by atoms with Gasteiger partial charge in [-0.25, -0.2) is 0 Å². The lowest BCUT2D eigenvalue weighted by Gasteiger charge is -2.40. The standard InChI is InChI=1S/C13H25N3O2/c1-4-16(5-2)11(17)10(3)15-12(18)13(9-14)7-6-8-13/h10H,4-9,14H2,1-3H3,(H,15,18). The van der Waals surface area contributed by atoms with Crippen LogP contribution in [0, 0.1) is 5.41 Å². The Morgan fingerprint density at radius 2 is 1.89 bits per heavy atom. The molecule has 0 aromatic carbocycles. The molecule has 2 amide bonds. The smallest absolute Gasteiger partial charge is 0.244 e. The lowest BCUT2D eigenvalue weighted by atomic mass is 9.68. The fraction of sp³-hybridized carbons (Fsp3) is 0.846. The van der Waals surface area contributed by atoms with Crippen molar-refractivity contribution in [2.24, 2.45) is 11.1 Å². The summed E-state index contributed by atoms with van der Waals surface area (Å²) in [7, 11) is 0. The zero-order chi connectivity index (χ0) is 13.8. The summed E-state index contributed by atoms with van der Waals surface area (Å²) in [5.41, 5.74) is 5.26. The van der Waals surface area contributed by atoms with E-state index >= 15 is 0 Å². The van der Waals surface area contributed by atoms with Gasteiger partial charge in [0.2, 0.25) is 11.8 Å². The van der Waals surface area contributed by atoms with E-state index in [0.29, 0.717) is 19.6 Å². The van der Waals surface area contributed by atoms with Gasteiger partial charge in [-0.3, -0.25) is 9.59 Å². The minimum Gasteiger partial charge on any atom is -0.344 e. The van der Waals surface area contributed by atoms with E-state index in [-0.39, 0.29) is 11.8 Å². The van der Waals surface area contributed by atoms with Gasteiger partial charge in [-0.1, -0.05) is 6.42 Å². The molecule has 1 fully saturated rings. The normalized spacial score (nSPS) is 18.7. The Hall–Kier alpha value is -1.10. The molecule has 18 heavy (non-hydrogen) atoms. The molecule has 0 saturated heterocycles. The summed E-state index contributed by atoms with van der Waals surface area (Å²) in [6.07, 6.45) is 2.71. The third-order valence-electron chi connectivity index (χ3n) is 3.98. The monoisotopic (exact) mass is 255 g/mol. The Morgan fingerprint density at radius 1 is 1.33 bits per heavy atom. The number of amides is 2. The summed E-state index contributed by atoms with van der Waals surface area (Å²) in [6.45, 7) is 7.30. The summed E-state index contributed by atoms with van der Waals surface area (Å²) < 4.78 is 0. The second-order valence-electron chi connectivity index (χ2n) is 5.04. The molecule has 1 unspecified atom stereocenters. The van der Waals surface area contributed by atoms with Crippen LogP contribution < -0.4 is 11.1 Å². The number of hydrogen-bond acceptors (Lipinski definition) is 3. The lowest BCUT2D eigenvalue weighted by molar-refractivity contribution is -0.141. The SMILES string of the molecule is CCN(CC)C(=O)C(C)NC(=O)C1(CN)CCC1. The Labute approximate surface area is 109 Å². The predicted octanol–water partition coefficient (Wildman–Crippen LogP) is 0.489. The van der Waals surface area contributed by atoms with Crippen LogP contribution in [0.1, 0.15) is 40.0 Å². The molecule has 5 heteroatoms. The van der Waals surface area contributed by atoms with Crippen LogP contribution in [-0.4, -0.2) is 42.4 Å². The minimum atomic E-state index is -0.471. The summed E-state index contributed by atoms with van der Waals surface area (Å²) in [5.74, 6) is -0.0934. The molecule has 0 spiro atoms. The molecule has 1 aliphatic rings. The van der Waals surface area contributed by atoms with Crippen molar-refractivity contribution in [1.82, 2.24) is 10.2 Å². The van der Waals surface area contributed by atoms with Gasteiger partial charge in [-0.15, -0.1) is 0 Å². The Balaban J connectivity index is 2.56. The van der Waals surface area contributed by atoms with Gasteiger partial charge in [0.05, 0.1) is 5.41 Å². The van der Waals surface area contributed by atoms with Crippen molar-refractivity contribution in [3.05, 3.63) is 0 Å².